The second-order valence-electron chi connectivity index (χ2n) is 7.74. The zero-order valence-corrected chi connectivity index (χ0v) is 16.9. The van der Waals surface area contributed by atoms with E-state index in [9.17, 15) is 0 Å². The van der Waals surface area contributed by atoms with Gasteiger partial charge in [-0.1, -0.05) is 18.2 Å². The highest BCUT2D eigenvalue weighted by Crippen LogP contribution is 2.30. The first-order chi connectivity index (χ1) is 14.2. The highest BCUT2D eigenvalue weighted by molar-refractivity contribution is 5.89. The average Bonchev–Trinajstić information content (AvgIpc) is 3.17. The van der Waals surface area contributed by atoms with Gasteiger partial charge in [0.1, 0.15) is 5.82 Å². The van der Waals surface area contributed by atoms with E-state index in [0.29, 0.717) is 13.2 Å². The molecule has 0 amide bonds. The molecule has 152 valence electrons. The lowest BCUT2D eigenvalue weighted by Gasteiger charge is -2.36. The van der Waals surface area contributed by atoms with Gasteiger partial charge in [0.05, 0.1) is 42.7 Å². The van der Waals surface area contributed by atoms with Crippen molar-refractivity contribution in [3.8, 4) is 5.69 Å². The molecule has 0 spiro atoms. The fraction of sp³-hybridized carbons (Fsp3) is 0.476. The number of rotatable bonds is 3. The van der Waals surface area contributed by atoms with Crippen molar-refractivity contribution in [3.05, 3.63) is 36.5 Å². The highest BCUT2D eigenvalue weighted by atomic mass is 16.5. The molecule has 0 saturated carbocycles. The maximum absolute atomic E-state index is 5.94. The number of benzene rings is 1. The Balaban J connectivity index is 1.65. The van der Waals surface area contributed by atoms with Gasteiger partial charge in [0.25, 0.3) is 0 Å². The lowest BCUT2D eigenvalue weighted by molar-refractivity contribution is -0.00537. The summed E-state index contributed by atoms with van der Waals surface area (Å²) >= 11 is 0. The summed E-state index contributed by atoms with van der Waals surface area (Å²) in [5.41, 5.74) is 1.82. The van der Waals surface area contributed by atoms with E-state index in [2.05, 4.69) is 28.7 Å². The van der Waals surface area contributed by atoms with Crippen LogP contribution in [0.1, 0.15) is 13.8 Å². The predicted molar refractivity (Wildman–Crippen MR) is 112 cm³/mol. The Morgan fingerprint density at radius 1 is 0.931 bits per heavy atom. The molecule has 3 aromatic rings. The van der Waals surface area contributed by atoms with E-state index < -0.39 is 0 Å². The number of hydrogen-bond donors (Lipinski definition) is 0. The largest absolute Gasteiger partial charge is 0.378 e. The van der Waals surface area contributed by atoms with Crippen molar-refractivity contribution in [1.82, 2.24) is 19.7 Å². The summed E-state index contributed by atoms with van der Waals surface area (Å²) in [4.78, 5) is 14.4. The first-order valence-corrected chi connectivity index (χ1v) is 10.2. The first kappa shape index (κ1) is 18.3. The molecule has 2 aliphatic heterocycles. The molecule has 29 heavy (non-hydrogen) atoms. The number of fused-ring (bicyclic) bond motifs is 1. The molecule has 1 aromatic carbocycles. The Bertz CT molecular complexity index is 976. The second-order valence-corrected chi connectivity index (χ2v) is 7.74. The van der Waals surface area contributed by atoms with Gasteiger partial charge in [0, 0.05) is 26.2 Å². The summed E-state index contributed by atoms with van der Waals surface area (Å²) in [5, 5.41) is 5.62. The third-order valence-corrected chi connectivity index (χ3v) is 5.41. The molecule has 0 N–H and O–H groups in total. The molecular formula is C21H26N6O2. The fourth-order valence-corrected chi connectivity index (χ4v) is 4.14. The monoisotopic (exact) mass is 394 g/mol. The summed E-state index contributed by atoms with van der Waals surface area (Å²) in [6.07, 6.45) is 2.19. The van der Waals surface area contributed by atoms with Crippen LogP contribution in [-0.4, -0.2) is 71.3 Å². The molecule has 2 unspecified atom stereocenters. The van der Waals surface area contributed by atoms with Gasteiger partial charge in [0.2, 0.25) is 5.95 Å². The van der Waals surface area contributed by atoms with E-state index in [-0.39, 0.29) is 12.2 Å². The van der Waals surface area contributed by atoms with Gasteiger partial charge < -0.3 is 19.3 Å². The molecule has 2 aliphatic rings. The van der Waals surface area contributed by atoms with Crippen LogP contribution in [0.25, 0.3) is 16.7 Å². The van der Waals surface area contributed by atoms with Crippen molar-refractivity contribution in [3.63, 3.8) is 0 Å². The molecule has 8 nitrogen and oxygen atoms in total. The minimum Gasteiger partial charge on any atom is -0.378 e. The number of hydrogen-bond acceptors (Lipinski definition) is 7. The normalized spacial score (nSPS) is 23.0. The zero-order chi connectivity index (χ0) is 19.8. The number of anilines is 2. The topological polar surface area (TPSA) is 68.5 Å². The van der Waals surface area contributed by atoms with E-state index in [4.69, 9.17) is 19.4 Å². The molecule has 2 saturated heterocycles. The van der Waals surface area contributed by atoms with Gasteiger partial charge in [-0.05, 0) is 26.0 Å². The van der Waals surface area contributed by atoms with Gasteiger partial charge in [-0.3, -0.25) is 0 Å². The van der Waals surface area contributed by atoms with Crippen LogP contribution in [-0.2, 0) is 9.47 Å². The van der Waals surface area contributed by atoms with E-state index >= 15 is 0 Å². The lowest BCUT2D eigenvalue weighted by Crippen LogP contribution is -2.46. The minimum absolute atomic E-state index is 0.153. The van der Waals surface area contributed by atoms with Crippen molar-refractivity contribution in [2.75, 3.05) is 49.2 Å². The molecule has 2 fully saturated rings. The highest BCUT2D eigenvalue weighted by Gasteiger charge is 2.27. The van der Waals surface area contributed by atoms with E-state index in [1.165, 1.54) is 0 Å². The van der Waals surface area contributed by atoms with Crippen LogP contribution in [0.2, 0.25) is 0 Å². The summed E-state index contributed by atoms with van der Waals surface area (Å²) in [5.74, 6) is 1.67. The molecule has 2 aromatic heterocycles. The second kappa shape index (κ2) is 7.61. The van der Waals surface area contributed by atoms with E-state index in [0.717, 1.165) is 54.7 Å². The summed E-state index contributed by atoms with van der Waals surface area (Å²) in [6.45, 7) is 8.79. The standard InChI is InChI=1S/C21H26N6O2/c1-15-13-26(14-16(2)29-15)19-18-12-22-27(17-6-4-3-5-7-17)20(18)24-21(23-19)25-8-10-28-11-9-25/h3-7,12,15-16H,8-11,13-14H2,1-2H3. The van der Waals surface area contributed by atoms with Gasteiger partial charge in [0.15, 0.2) is 5.65 Å². The average molecular weight is 394 g/mol. The zero-order valence-electron chi connectivity index (χ0n) is 16.9. The van der Waals surface area contributed by atoms with Crippen molar-refractivity contribution < 1.29 is 9.47 Å². The summed E-state index contributed by atoms with van der Waals surface area (Å²) in [6, 6.07) is 10.1. The van der Waals surface area contributed by atoms with Gasteiger partial charge in [-0.2, -0.15) is 15.1 Å². The number of nitrogens with zero attached hydrogens (tertiary/aromatic N) is 6. The van der Waals surface area contributed by atoms with Crippen LogP contribution in [0.3, 0.4) is 0 Å². The Labute approximate surface area is 170 Å². The van der Waals surface area contributed by atoms with Crippen LogP contribution in [0.15, 0.2) is 36.5 Å². The van der Waals surface area contributed by atoms with E-state index in [1.54, 1.807) is 0 Å². The van der Waals surface area contributed by atoms with Crippen LogP contribution < -0.4 is 9.80 Å². The van der Waals surface area contributed by atoms with Crippen LogP contribution in [0, 0.1) is 0 Å². The van der Waals surface area contributed by atoms with Gasteiger partial charge in [-0.25, -0.2) is 4.68 Å². The van der Waals surface area contributed by atoms with Crippen LogP contribution in [0.4, 0.5) is 11.8 Å². The maximum atomic E-state index is 5.94. The van der Waals surface area contributed by atoms with Crippen LogP contribution in [0.5, 0.6) is 0 Å². The quantitative estimate of drug-likeness (QED) is 0.675. The van der Waals surface area contributed by atoms with Crippen molar-refractivity contribution in [2.24, 2.45) is 0 Å². The van der Waals surface area contributed by atoms with Crippen molar-refractivity contribution in [2.45, 2.75) is 26.1 Å². The summed E-state index contributed by atoms with van der Waals surface area (Å²) < 4.78 is 13.4. The number of aromatic nitrogens is 4. The maximum Gasteiger partial charge on any atom is 0.229 e. The molecular weight excluding hydrogens is 368 g/mol. The Hall–Kier alpha value is -2.71. The SMILES string of the molecule is CC1CN(c2nc(N3CCOCC3)nc3c2cnn3-c2ccccc2)CC(C)O1. The first-order valence-electron chi connectivity index (χ1n) is 10.2. The third-order valence-electron chi connectivity index (χ3n) is 5.41. The number of morpholine rings is 2. The molecule has 2 atom stereocenters. The van der Waals surface area contributed by atoms with Gasteiger partial charge in [-0.15, -0.1) is 0 Å². The number of para-hydroxylation sites is 1. The van der Waals surface area contributed by atoms with Crippen molar-refractivity contribution in [1.29, 1.82) is 0 Å². The van der Waals surface area contributed by atoms with Gasteiger partial charge >= 0.3 is 0 Å². The lowest BCUT2D eigenvalue weighted by atomic mass is 10.2. The molecule has 4 heterocycles. The Morgan fingerprint density at radius 3 is 2.38 bits per heavy atom. The smallest absolute Gasteiger partial charge is 0.229 e. The predicted octanol–water partition coefficient (Wildman–Crippen LogP) is 2.27. The fourth-order valence-electron chi connectivity index (χ4n) is 4.14. The Morgan fingerprint density at radius 2 is 1.66 bits per heavy atom. The molecule has 8 heteroatoms. The Kier molecular flexibility index (Phi) is 4.81. The molecule has 0 radical (unpaired) electrons. The van der Waals surface area contributed by atoms with E-state index in [1.807, 2.05) is 41.2 Å². The summed E-state index contributed by atoms with van der Waals surface area (Å²) in [7, 11) is 0. The minimum atomic E-state index is 0.153. The van der Waals surface area contributed by atoms with Crippen LogP contribution >= 0.6 is 0 Å². The third kappa shape index (κ3) is 3.54. The van der Waals surface area contributed by atoms with Crippen molar-refractivity contribution >= 4 is 22.8 Å². The number of ether oxygens (including phenoxy) is 2. The molecule has 0 bridgehead atoms. The molecule has 5 rings (SSSR count). The molecule has 0 aliphatic carbocycles.